The summed E-state index contributed by atoms with van der Waals surface area (Å²) in [6.07, 6.45) is 0.800. The number of hydrogen-bond acceptors (Lipinski definition) is 6. The molecule has 0 radical (unpaired) electrons. The summed E-state index contributed by atoms with van der Waals surface area (Å²) >= 11 is 0. The molecular weight excluding hydrogens is 336 g/mol. The van der Waals surface area contributed by atoms with E-state index in [-0.39, 0.29) is 25.4 Å². The number of nitrogens with one attached hydrogen (secondary N) is 1. The first-order chi connectivity index (χ1) is 12.4. The molecule has 0 heterocycles. The van der Waals surface area contributed by atoms with Crippen molar-refractivity contribution < 1.29 is 23.9 Å². The fraction of sp³-hybridized carbons (Fsp3) is 0.526. The second-order valence-corrected chi connectivity index (χ2v) is 6.18. The minimum Gasteiger partial charge on any atom is -0.467 e. The lowest BCUT2D eigenvalue weighted by molar-refractivity contribution is -0.148. The number of amides is 1. The van der Waals surface area contributed by atoms with Crippen LogP contribution in [-0.4, -0.2) is 37.0 Å². The molecule has 0 bridgehead atoms. The number of carbonyl (C=O) groups excluding carboxylic acids is 3. The van der Waals surface area contributed by atoms with E-state index in [0.29, 0.717) is 0 Å². The maximum Gasteiger partial charge on any atom is 0.328 e. The van der Waals surface area contributed by atoms with Crippen molar-refractivity contribution in [3.63, 3.8) is 0 Å². The van der Waals surface area contributed by atoms with Gasteiger partial charge in [0.05, 0.1) is 13.2 Å². The average molecular weight is 364 g/mol. The molecule has 7 nitrogen and oxygen atoms in total. The number of esters is 2. The molecule has 0 spiro atoms. The van der Waals surface area contributed by atoms with Crippen LogP contribution < -0.4 is 11.1 Å². The van der Waals surface area contributed by atoms with Gasteiger partial charge in [-0.15, -0.1) is 0 Å². The summed E-state index contributed by atoms with van der Waals surface area (Å²) in [6, 6.07) is 7.62. The molecule has 1 rings (SSSR count). The minimum atomic E-state index is -0.938. The number of methoxy groups -OCH3 is 1. The van der Waals surface area contributed by atoms with Gasteiger partial charge in [-0.05, 0) is 17.9 Å². The molecule has 0 aliphatic carbocycles. The third-order valence-electron chi connectivity index (χ3n) is 4.24. The van der Waals surface area contributed by atoms with Crippen molar-refractivity contribution in [1.82, 2.24) is 5.32 Å². The first kappa shape index (κ1) is 21.6. The molecule has 0 saturated carbocycles. The van der Waals surface area contributed by atoms with Gasteiger partial charge in [-0.3, -0.25) is 9.59 Å². The van der Waals surface area contributed by atoms with Gasteiger partial charge in [0, 0.05) is 6.42 Å². The lowest BCUT2D eigenvalue weighted by atomic mass is 9.99. The largest absolute Gasteiger partial charge is 0.467 e. The summed E-state index contributed by atoms with van der Waals surface area (Å²) < 4.78 is 9.87. The molecule has 1 amide bonds. The van der Waals surface area contributed by atoms with Crippen molar-refractivity contribution in [2.24, 2.45) is 11.7 Å². The zero-order valence-corrected chi connectivity index (χ0v) is 15.6. The van der Waals surface area contributed by atoms with Gasteiger partial charge in [0.15, 0.2) is 0 Å². The summed E-state index contributed by atoms with van der Waals surface area (Å²) in [6.45, 7) is 3.95. The van der Waals surface area contributed by atoms with Crippen LogP contribution in [0.2, 0.25) is 0 Å². The average Bonchev–Trinajstić information content (AvgIpc) is 2.68. The molecule has 1 aromatic rings. The van der Waals surface area contributed by atoms with E-state index in [1.807, 2.05) is 44.2 Å². The molecule has 3 N–H and O–H groups in total. The minimum absolute atomic E-state index is 0.0224. The number of ether oxygens (including phenoxy) is 2. The Morgan fingerprint density at radius 3 is 2.42 bits per heavy atom. The lowest BCUT2D eigenvalue weighted by Gasteiger charge is -2.21. The quantitative estimate of drug-likeness (QED) is 0.610. The van der Waals surface area contributed by atoms with Crippen LogP contribution in [0.3, 0.4) is 0 Å². The van der Waals surface area contributed by atoms with Crippen LogP contribution in [0.1, 0.15) is 38.7 Å². The van der Waals surface area contributed by atoms with Gasteiger partial charge >= 0.3 is 11.9 Å². The maximum atomic E-state index is 12.2. The molecule has 0 fully saturated rings. The second-order valence-electron chi connectivity index (χ2n) is 6.18. The molecule has 0 aromatic heterocycles. The highest BCUT2D eigenvalue weighted by molar-refractivity contribution is 5.87. The molecule has 0 aliphatic heterocycles. The normalized spacial score (nSPS) is 14.0. The standard InChI is InChI=1S/C19H28N2O5/c1-4-13(2)17(20)18(23)21-15(19(24)25-3)10-11-16(22)26-12-14-8-6-5-7-9-14/h5-9,13,15,17H,4,10-12,20H2,1-3H3,(H,21,23)/t13?,15-,17+/m1/s1. The molecule has 1 aromatic carbocycles. The highest BCUT2D eigenvalue weighted by Crippen LogP contribution is 2.08. The summed E-state index contributed by atoms with van der Waals surface area (Å²) in [5.74, 6) is -1.54. The molecular formula is C19H28N2O5. The van der Waals surface area contributed by atoms with Crippen LogP contribution in [0.15, 0.2) is 30.3 Å². The number of hydrogen-bond donors (Lipinski definition) is 2. The van der Waals surface area contributed by atoms with E-state index in [4.69, 9.17) is 15.2 Å². The lowest BCUT2D eigenvalue weighted by Crippen LogP contribution is -2.51. The smallest absolute Gasteiger partial charge is 0.328 e. The first-order valence-corrected chi connectivity index (χ1v) is 8.72. The predicted octanol–water partition coefficient (Wildman–Crippen LogP) is 1.54. The van der Waals surface area contributed by atoms with E-state index in [0.717, 1.165) is 12.0 Å². The Bertz CT molecular complexity index is 591. The second kappa shape index (κ2) is 11.3. The van der Waals surface area contributed by atoms with E-state index < -0.39 is 29.9 Å². The van der Waals surface area contributed by atoms with Crippen LogP contribution in [0.25, 0.3) is 0 Å². The summed E-state index contributed by atoms with van der Waals surface area (Å²) in [4.78, 5) is 35.9. The van der Waals surface area contributed by atoms with Crippen LogP contribution in [-0.2, 0) is 30.5 Å². The zero-order chi connectivity index (χ0) is 19.5. The zero-order valence-electron chi connectivity index (χ0n) is 15.6. The van der Waals surface area contributed by atoms with Gasteiger partial charge in [0.1, 0.15) is 12.6 Å². The van der Waals surface area contributed by atoms with Crippen molar-refractivity contribution in [2.45, 2.75) is 51.8 Å². The summed E-state index contributed by atoms with van der Waals surface area (Å²) in [5.41, 5.74) is 6.75. The van der Waals surface area contributed by atoms with E-state index >= 15 is 0 Å². The van der Waals surface area contributed by atoms with Crippen molar-refractivity contribution in [2.75, 3.05) is 7.11 Å². The van der Waals surface area contributed by atoms with Crippen LogP contribution in [0.5, 0.6) is 0 Å². The van der Waals surface area contributed by atoms with Crippen LogP contribution in [0, 0.1) is 5.92 Å². The molecule has 144 valence electrons. The summed E-state index contributed by atoms with van der Waals surface area (Å²) in [7, 11) is 1.23. The van der Waals surface area contributed by atoms with Crippen LogP contribution in [0.4, 0.5) is 0 Å². The fourth-order valence-corrected chi connectivity index (χ4v) is 2.24. The molecule has 1 unspecified atom stereocenters. The molecule has 3 atom stereocenters. The number of nitrogens with two attached hydrogens (primary N) is 1. The fourth-order valence-electron chi connectivity index (χ4n) is 2.24. The van der Waals surface area contributed by atoms with Gasteiger partial charge in [0.2, 0.25) is 5.91 Å². The SMILES string of the molecule is CCC(C)[C@H](N)C(=O)N[C@H](CCC(=O)OCc1ccccc1)C(=O)OC. The molecule has 0 saturated heterocycles. The van der Waals surface area contributed by atoms with E-state index in [2.05, 4.69) is 5.32 Å². The summed E-state index contributed by atoms with van der Waals surface area (Å²) in [5, 5.41) is 2.57. The Morgan fingerprint density at radius 1 is 1.19 bits per heavy atom. The Hall–Kier alpha value is -2.41. The highest BCUT2D eigenvalue weighted by Gasteiger charge is 2.27. The van der Waals surface area contributed by atoms with E-state index in [1.165, 1.54) is 7.11 Å². The Kier molecular flexibility index (Phi) is 9.36. The van der Waals surface area contributed by atoms with Crippen molar-refractivity contribution in [1.29, 1.82) is 0 Å². The highest BCUT2D eigenvalue weighted by atomic mass is 16.5. The topological polar surface area (TPSA) is 108 Å². The van der Waals surface area contributed by atoms with E-state index in [1.54, 1.807) is 0 Å². The van der Waals surface area contributed by atoms with Gasteiger partial charge in [-0.1, -0.05) is 50.6 Å². The van der Waals surface area contributed by atoms with Crippen LogP contribution >= 0.6 is 0 Å². The molecule has 0 aliphatic rings. The van der Waals surface area contributed by atoms with Gasteiger partial charge in [-0.2, -0.15) is 0 Å². The number of benzene rings is 1. The molecule has 7 heteroatoms. The first-order valence-electron chi connectivity index (χ1n) is 8.72. The Balaban J connectivity index is 2.52. The Morgan fingerprint density at radius 2 is 1.85 bits per heavy atom. The Labute approximate surface area is 154 Å². The number of rotatable bonds is 10. The third-order valence-corrected chi connectivity index (χ3v) is 4.24. The monoisotopic (exact) mass is 364 g/mol. The maximum absolute atomic E-state index is 12.2. The van der Waals surface area contributed by atoms with Crippen molar-refractivity contribution in [3.8, 4) is 0 Å². The van der Waals surface area contributed by atoms with Gasteiger partial charge in [0.25, 0.3) is 0 Å². The van der Waals surface area contributed by atoms with Gasteiger partial charge in [-0.25, -0.2) is 4.79 Å². The van der Waals surface area contributed by atoms with Crippen molar-refractivity contribution >= 4 is 17.8 Å². The molecule has 26 heavy (non-hydrogen) atoms. The third kappa shape index (κ3) is 7.23. The van der Waals surface area contributed by atoms with E-state index in [9.17, 15) is 14.4 Å². The number of carbonyl (C=O) groups is 3. The van der Waals surface area contributed by atoms with Crippen molar-refractivity contribution in [3.05, 3.63) is 35.9 Å². The van der Waals surface area contributed by atoms with Gasteiger partial charge < -0.3 is 20.5 Å². The predicted molar refractivity (Wildman–Crippen MR) is 96.8 cm³/mol.